The number of carbonyl (C=O) groups excluding carboxylic acids is 1. The summed E-state index contributed by atoms with van der Waals surface area (Å²) in [6.07, 6.45) is 0. The normalized spacial score (nSPS) is 10.2. The second-order valence-corrected chi connectivity index (χ2v) is 3.75. The minimum absolute atomic E-state index is 0.193. The lowest BCUT2D eigenvalue weighted by molar-refractivity contribution is -0.119. The highest BCUT2D eigenvalue weighted by Crippen LogP contribution is 2.21. The first-order valence-electron chi connectivity index (χ1n) is 5.50. The summed E-state index contributed by atoms with van der Waals surface area (Å²) in [5, 5.41) is 4.98. The van der Waals surface area contributed by atoms with E-state index in [0.717, 1.165) is 6.07 Å². The van der Waals surface area contributed by atoms with Crippen molar-refractivity contribution in [2.75, 3.05) is 32.1 Å². The molecule has 1 rings (SSSR count). The van der Waals surface area contributed by atoms with Crippen molar-refractivity contribution in [3.63, 3.8) is 0 Å². The van der Waals surface area contributed by atoms with Crippen LogP contribution in [0.4, 0.5) is 14.5 Å². The van der Waals surface area contributed by atoms with E-state index in [0.29, 0.717) is 18.7 Å². The maximum absolute atomic E-state index is 13.6. The molecule has 0 bridgehead atoms. The Morgan fingerprint density at radius 1 is 1.39 bits per heavy atom. The Bertz CT molecular complexity index is 425. The summed E-state index contributed by atoms with van der Waals surface area (Å²) in [5.74, 6) is -1.75. The number of nitrogens with one attached hydrogen (secondary N) is 2. The van der Waals surface area contributed by atoms with Gasteiger partial charge in [0, 0.05) is 13.7 Å². The Hall–Kier alpha value is -1.69. The molecule has 0 aliphatic carbocycles. The van der Waals surface area contributed by atoms with Crippen molar-refractivity contribution < 1.29 is 18.3 Å². The fraction of sp³-hybridized carbons (Fsp3) is 0.417. The highest BCUT2D eigenvalue weighted by molar-refractivity contribution is 5.80. The molecule has 1 aromatic carbocycles. The molecule has 0 aromatic heterocycles. The summed E-state index contributed by atoms with van der Waals surface area (Å²) < 4.78 is 31.7. The number of methoxy groups -OCH3 is 1. The summed E-state index contributed by atoms with van der Waals surface area (Å²) in [4.78, 5) is 11.3. The van der Waals surface area contributed by atoms with Gasteiger partial charge in [-0.1, -0.05) is 6.07 Å². The number of carbonyl (C=O) groups is 1. The van der Waals surface area contributed by atoms with Crippen LogP contribution in [0.3, 0.4) is 0 Å². The molecule has 2 N–H and O–H groups in total. The molecule has 0 spiro atoms. The summed E-state index contributed by atoms with van der Waals surface area (Å²) in [7, 11) is 1.52. The van der Waals surface area contributed by atoms with Gasteiger partial charge in [-0.3, -0.25) is 4.79 Å². The summed E-state index contributed by atoms with van der Waals surface area (Å²) >= 11 is 0. The number of benzene rings is 1. The number of hydrogen-bond acceptors (Lipinski definition) is 3. The van der Waals surface area contributed by atoms with Crippen LogP contribution in [-0.4, -0.2) is 32.7 Å². The average molecular weight is 258 g/mol. The molecule has 0 saturated heterocycles. The van der Waals surface area contributed by atoms with E-state index in [4.69, 9.17) is 4.74 Å². The van der Waals surface area contributed by atoms with E-state index in [2.05, 4.69) is 10.6 Å². The van der Waals surface area contributed by atoms with Gasteiger partial charge in [0.15, 0.2) is 5.82 Å². The minimum Gasteiger partial charge on any atom is -0.383 e. The lowest BCUT2D eigenvalue weighted by Gasteiger charge is -2.10. The molecule has 0 heterocycles. The minimum atomic E-state index is -0.720. The van der Waals surface area contributed by atoms with E-state index in [1.165, 1.54) is 20.1 Å². The molecule has 6 heteroatoms. The first-order valence-corrected chi connectivity index (χ1v) is 5.50. The van der Waals surface area contributed by atoms with Crippen LogP contribution in [0.15, 0.2) is 12.1 Å². The monoisotopic (exact) mass is 258 g/mol. The highest BCUT2D eigenvalue weighted by atomic mass is 19.1. The smallest absolute Gasteiger partial charge is 0.239 e. The third kappa shape index (κ3) is 3.96. The standard InChI is InChI=1S/C12H16F2N2O2/c1-8-3-4-9(13)12(11(8)14)16-7-10(17)15-5-6-18-2/h3-4,16H,5-7H2,1-2H3,(H,15,17). The third-order valence-corrected chi connectivity index (χ3v) is 2.34. The maximum Gasteiger partial charge on any atom is 0.239 e. The Kier molecular flexibility index (Phi) is 5.51. The van der Waals surface area contributed by atoms with E-state index in [9.17, 15) is 13.6 Å². The second kappa shape index (κ2) is 6.90. The molecule has 0 atom stereocenters. The molecule has 0 unspecified atom stereocenters. The van der Waals surface area contributed by atoms with Crippen molar-refractivity contribution in [1.82, 2.24) is 5.32 Å². The first kappa shape index (κ1) is 14.4. The number of hydrogen-bond donors (Lipinski definition) is 2. The number of ether oxygens (including phenoxy) is 1. The predicted molar refractivity (Wildman–Crippen MR) is 64.5 cm³/mol. The van der Waals surface area contributed by atoms with E-state index >= 15 is 0 Å². The molecule has 0 saturated carbocycles. The Morgan fingerprint density at radius 2 is 2.11 bits per heavy atom. The van der Waals surface area contributed by atoms with Crippen LogP contribution in [0.1, 0.15) is 5.56 Å². The van der Waals surface area contributed by atoms with Gasteiger partial charge in [0.05, 0.1) is 13.2 Å². The zero-order valence-electron chi connectivity index (χ0n) is 10.3. The fourth-order valence-corrected chi connectivity index (χ4v) is 1.34. The molecule has 0 aliphatic rings. The predicted octanol–water partition coefficient (Wildman–Crippen LogP) is 1.45. The van der Waals surface area contributed by atoms with Gasteiger partial charge >= 0.3 is 0 Å². The number of rotatable bonds is 6. The second-order valence-electron chi connectivity index (χ2n) is 3.75. The third-order valence-electron chi connectivity index (χ3n) is 2.34. The molecule has 0 radical (unpaired) electrons. The van der Waals surface area contributed by atoms with Crippen molar-refractivity contribution in [2.45, 2.75) is 6.92 Å². The van der Waals surface area contributed by atoms with Gasteiger partial charge in [-0.25, -0.2) is 8.78 Å². The summed E-state index contributed by atoms with van der Waals surface area (Å²) in [6.45, 7) is 2.08. The van der Waals surface area contributed by atoms with Crippen LogP contribution < -0.4 is 10.6 Å². The molecule has 1 aromatic rings. The quantitative estimate of drug-likeness (QED) is 0.759. The number of halogens is 2. The first-order chi connectivity index (χ1) is 8.56. The SMILES string of the molecule is COCCNC(=O)CNc1c(F)ccc(C)c1F. The molecular formula is C12H16F2N2O2. The largest absolute Gasteiger partial charge is 0.383 e. The van der Waals surface area contributed by atoms with Crippen molar-refractivity contribution in [2.24, 2.45) is 0 Å². The van der Waals surface area contributed by atoms with Gasteiger partial charge in [-0.15, -0.1) is 0 Å². The number of aryl methyl sites for hydroxylation is 1. The average Bonchev–Trinajstić information content (AvgIpc) is 2.34. The van der Waals surface area contributed by atoms with Gasteiger partial charge in [-0.05, 0) is 18.6 Å². The Morgan fingerprint density at radius 3 is 2.78 bits per heavy atom. The molecule has 100 valence electrons. The summed E-state index contributed by atoms with van der Waals surface area (Å²) in [6, 6.07) is 2.50. The zero-order chi connectivity index (χ0) is 13.5. The van der Waals surface area contributed by atoms with E-state index in [-0.39, 0.29) is 18.1 Å². The lowest BCUT2D eigenvalue weighted by atomic mass is 10.2. The van der Waals surface area contributed by atoms with Crippen LogP contribution in [0.25, 0.3) is 0 Å². The maximum atomic E-state index is 13.6. The lowest BCUT2D eigenvalue weighted by Crippen LogP contribution is -2.32. The highest BCUT2D eigenvalue weighted by Gasteiger charge is 2.12. The van der Waals surface area contributed by atoms with E-state index in [1.54, 1.807) is 0 Å². The molecule has 0 aliphatic heterocycles. The van der Waals surface area contributed by atoms with Crippen LogP contribution in [0.5, 0.6) is 0 Å². The van der Waals surface area contributed by atoms with Crippen LogP contribution in [-0.2, 0) is 9.53 Å². The van der Waals surface area contributed by atoms with Crippen LogP contribution in [0, 0.1) is 18.6 Å². The molecule has 4 nitrogen and oxygen atoms in total. The molecule has 18 heavy (non-hydrogen) atoms. The Balaban J connectivity index is 2.53. The van der Waals surface area contributed by atoms with Gasteiger partial charge in [-0.2, -0.15) is 0 Å². The molecular weight excluding hydrogens is 242 g/mol. The van der Waals surface area contributed by atoms with Gasteiger partial charge in [0.1, 0.15) is 11.5 Å². The van der Waals surface area contributed by atoms with Gasteiger partial charge < -0.3 is 15.4 Å². The van der Waals surface area contributed by atoms with Crippen LogP contribution in [0.2, 0.25) is 0 Å². The van der Waals surface area contributed by atoms with Crippen molar-refractivity contribution >= 4 is 11.6 Å². The topological polar surface area (TPSA) is 50.4 Å². The number of anilines is 1. The van der Waals surface area contributed by atoms with Crippen molar-refractivity contribution in [3.05, 3.63) is 29.3 Å². The van der Waals surface area contributed by atoms with Gasteiger partial charge in [0.2, 0.25) is 5.91 Å². The summed E-state index contributed by atoms with van der Waals surface area (Å²) in [5.41, 5.74) is 0.0376. The Labute approximate surface area is 104 Å². The van der Waals surface area contributed by atoms with E-state index in [1.807, 2.05) is 0 Å². The van der Waals surface area contributed by atoms with Gasteiger partial charge in [0.25, 0.3) is 0 Å². The molecule has 0 fully saturated rings. The van der Waals surface area contributed by atoms with Crippen molar-refractivity contribution in [3.8, 4) is 0 Å². The van der Waals surface area contributed by atoms with Crippen LogP contribution >= 0.6 is 0 Å². The van der Waals surface area contributed by atoms with E-state index < -0.39 is 11.6 Å². The van der Waals surface area contributed by atoms with Crippen molar-refractivity contribution in [1.29, 1.82) is 0 Å². The number of amides is 1. The zero-order valence-corrected chi connectivity index (χ0v) is 10.3. The fourth-order valence-electron chi connectivity index (χ4n) is 1.34. The molecule has 1 amide bonds.